The van der Waals surface area contributed by atoms with Gasteiger partial charge < -0.3 is 10.4 Å². The SMILES string of the molecule is CNC(CC1c2ccccc2CCc2cc(F)ccc21)C(=O)O. The first-order valence-electron chi connectivity index (χ1n) is 7.86. The summed E-state index contributed by atoms with van der Waals surface area (Å²) in [4.78, 5) is 11.4. The molecule has 4 heteroatoms. The maximum atomic E-state index is 13.6. The van der Waals surface area contributed by atoms with Crippen molar-refractivity contribution in [1.29, 1.82) is 0 Å². The van der Waals surface area contributed by atoms with Crippen LogP contribution >= 0.6 is 0 Å². The third kappa shape index (κ3) is 3.13. The predicted molar refractivity (Wildman–Crippen MR) is 87.2 cm³/mol. The summed E-state index contributed by atoms with van der Waals surface area (Å²) in [7, 11) is 1.66. The van der Waals surface area contributed by atoms with E-state index in [4.69, 9.17) is 0 Å². The molecule has 23 heavy (non-hydrogen) atoms. The van der Waals surface area contributed by atoms with E-state index in [1.165, 1.54) is 11.6 Å². The molecule has 0 amide bonds. The van der Waals surface area contributed by atoms with Crippen molar-refractivity contribution in [2.45, 2.75) is 31.2 Å². The third-order valence-corrected chi connectivity index (χ3v) is 4.69. The zero-order valence-electron chi connectivity index (χ0n) is 13.1. The predicted octanol–water partition coefficient (Wildman–Crippen LogP) is 3.12. The number of aryl methyl sites for hydroxylation is 2. The van der Waals surface area contributed by atoms with Gasteiger partial charge >= 0.3 is 5.97 Å². The number of nitrogens with one attached hydrogen (secondary N) is 1. The molecule has 2 aromatic rings. The molecule has 0 fully saturated rings. The Morgan fingerprint density at radius 1 is 1.22 bits per heavy atom. The van der Waals surface area contributed by atoms with Gasteiger partial charge in [-0.2, -0.15) is 0 Å². The van der Waals surface area contributed by atoms with Crippen LogP contribution in [0.4, 0.5) is 4.39 Å². The van der Waals surface area contributed by atoms with Gasteiger partial charge in [0.25, 0.3) is 0 Å². The van der Waals surface area contributed by atoms with Crippen LogP contribution < -0.4 is 5.32 Å². The highest BCUT2D eigenvalue weighted by Gasteiger charge is 2.28. The van der Waals surface area contributed by atoms with Crippen LogP contribution in [0, 0.1) is 5.82 Å². The monoisotopic (exact) mass is 313 g/mol. The molecule has 3 rings (SSSR count). The summed E-state index contributed by atoms with van der Waals surface area (Å²) in [6, 6.07) is 12.4. The van der Waals surface area contributed by atoms with Gasteiger partial charge in [0.1, 0.15) is 11.9 Å². The summed E-state index contributed by atoms with van der Waals surface area (Å²) in [6.45, 7) is 0. The van der Waals surface area contributed by atoms with Crippen molar-refractivity contribution in [3.05, 3.63) is 70.5 Å². The molecular weight excluding hydrogens is 293 g/mol. The lowest BCUT2D eigenvalue weighted by Gasteiger charge is -2.23. The fourth-order valence-electron chi connectivity index (χ4n) is 3.50. The highest BCUT2D eigenvalue weighted by Crippen LogP contribution is 2.37. The second-order valence-electron chi connectivity index (χ2n) is 6.01. The van der Waals surface area contributed by atoms with E-state index in [2.05, 4.69) is 17.4 Å². The molecular formula is C19H20FNO2. The summed E-state index contributed by atoms with van der Waals surface area (Å²) in [5.41, 5.74) is 4.39. The largest absolute Gasteiger partial charge is 0.480 e. The van der Waals surface area contributed by atoms with Crippen molar-refractivity contribution in [2.24, 2.45) is 0 Å². The van der Waals surface area contributed by atoms with E-state index in [9.17, 15) is 14.3 Å². The van der Waals surface area contributed by atoms with Crippen LogP contribution in [-0.4, -0.2) is 24.2 Å². The number of hydrogen-bond acceptors (Lipinski definition) is 2. The topological polar surface area (TPSA) is 49.3 Å². The van der Waals surface area contributed by atoms with Gasteiger partial charge in [-0.25, -0.2) is 4.39 Å². The van der Waals surface area contributed by atoms with Crippen molar-refractivity contribution >= 4 is 5.97 Å². The lowest BCUT2D eigenvalue weighted by molar-refractivity contribution is -0.139. The van der Waals surface area contributed by atoms with Crippen LogP contribution in [0.2, 0.25) is 0 Å². The fourth-order valence-corrected chi connectivity index (χ4v) is 3.50. The second kappa shape index (κ2) is 6.50. The quantitative estimate of drug-likeness (QED) is 0.912. The first-order chi connectivity index (χ1) is 11.1. The summed E-state index contributed by atoms with van der Waals surface area (Å²) >= 11 is 0. The van der Waals surface area contributed by atoms with Gasteiger partial charge in [-0.05, 0) is 60.7 Å². The number of likely N-dealkylation sites (N-methyl/N-ethyl adjacent to an activating group) is 1. The number of hydrogen-bond donors (Lipinski definition) is 2. The van der Waals surface area contributed by atoms with E-state index >= 15 is 0 Å². The Morgan fingerprint density at radius 2 is 1.91 bits per heavy atom. The minimum Gasteiger partial charge on any atom is -0.480 e. The molecule has 2 unspecified atom stereocenters. The lowest BCUT2D eigenvalue weighted by Crippen LogP contribution is -2.35. The van der Waals surface area contributed by atoms with Crippen molar-refractivity contribution < 1.29 is 14.3 Å². The molecule has 0 spiro atoms. The number of rotatable bonds is 4. The average Bonchev–Trinajstić information content (AvgIpc) is 2.69. The summed E-state index contributed by atoms with van der Waals surface area (Å²) < 4.78 is 13.6. The first-order valence-corrected chi connectivity index (χ1v) is 7.86. The third-order valence-electron chi connectivity index (χ3n) is 4.69. The van der Waals surface area contributed by atoms with Crippen molar-refractivity contribution in [3.8, 4) is 0 Å². The number of fused-ring (bicyclic) bond motifs is 2. The Balaban J connectivity index is 2.09. The molecule has 0 radical (unpaired) electrons. The minimum absolute atomic E-state index is 0.0437. The van der Waals surface area contributed by atoms with Crippen molar-refractivity contribution in [1.82, 2.24) is 5.32 Å². The van der Waals surface area contributed by atoms with Crippen LogP contribution in [0.3, 0.4) is 0 Å². The van der Waals surface area contributed by atoms with Crippen LogP contribution in [0.25, 0.3) is 0 Å². The maximum Gasteiger partial charge on any atom is 0.320 e. The van der Waals surface area contributed by atoms with Crippen molar-refractivity contribution in [2.75, 3.05) is 7.05 Å². The van der Waals surface area contributed by atoms with Gasteiger partial charge in [0, 0.05) is 5.92 Å². The summed E-state index contributed by atoms with van der Waals surface area (Å²) in [6.07, 6.45) is 2.07. The maximum absolute atomic E-state index is 13.6. The number of benzene rings is 2. The molecule has 0 aromatic heterocycles. The van der Waals surface area contributed by atoms with Gasteiger partial charge in [0.15, 0.2) is 0 Å². The Hall–Kier alpha value is -2.20. The van der Waals surface area contributed by atoms with E-state index < -0.39 is 12.0 Å². The lowest BCUT2D eigenvalue weighted by atomic mass is 9.83. The van der Waals surface area contributed by atoms with E-state index in [0.717, 1.165) is 29.5 Å². The Labute approximate surface area is 135 Å². The van der Waals surface area contributed by atoms with Crippen LogP contribution in [0.1, 0.15) is 34.6 Å². The first kappa shape index (κ1) is 15.7. The molecule has 0 heterocycles. The Morgan fingerprint density at radius 3 is 2.65 bits per heavy atom. The van der Waals surface area contributed by atoms with E-state index in [1.54, 1.807) is 13.1 Å². The van der Waals surface area contributed by atoms with Gasteiger partial charge in [-0.1, -0.05) is 30.3 Å². The highest BCUT2D eigenvalue weighted by atomic mass is 19.1. The van der Waals surface area contributed by atoms with E-state index in [-0.39, 0.29) is 11.7 Å². The number of carboxylic acid groups (broad SMARTS) is 1. The van der Waals surface area contributed by atoms with Gasteiger partial charge in [-0.3, -0.25) is 4.79 Å². The van der Waals surface area contributed by atoms with Gasteiger partial charge in [-0.15, -0.1) is 0 Å². The zero-order valence-corrected chi connectivity index (χ0v) is 13.1. The summed E-state index contributed by atoms with van der Waals surface area (Å²) in [5, 5.41) is 12.3. The van der Waals surface area contributed by atoms with Crippen LogP contribution in [-0.2, 0) is 17.6 Å². The summed E-state index contributed by atoms with van der Waals surface area (Å²) in [5.74, 6) is -1.15. The molecule has 0 bridgehead atoms. The molecule has 1 aliphatic rings. The van der Waals surface area contributed by atoms with Crippen molar-refractivity contribution in [3.63, 3.8) is 0 Å². The van der Waals surface area contributed by atoms with Gasteiger partial charge in [0.2, 0.25) is 0 Å². The van der Waals surface area contributed by atoms with Crippen LogP contribution in [0.15, 0.2) is 42.5 Å². The normalized spacial score (nSPS) is 17.7. The Kier molecular flexibility index (Phi) is 4.44. The molecule has 0 saturated heterocycles. The average molecular weight is 313 g/mol. The fraction of sp³-hybridized carbons (Fsp3) is 0.316. The smallest absolute Gasteiger partial charge is 0.320 e. The highest BCUT2D eigenvalue weighted by molar-refractivity contribution is 5.73. The zero-order chi connectivity index (χ0) is 16.4. The molecule has 2 N–H and O–H groups in total. The molecule has 1 aliphatic carbocycles. The number of halogens is 1. The van der Waals surface area contributed by atoms with Crippen LogP contribution in [0.5, 0.6) is 0 Å². The molecule has 0 aliphatic heterocycles. The standard InChI is InChI=1S/C19H20FNO2/c1-21-18(19(22)23)11-17-15-5-3-2-4-12(15)6-7-13-10-14(20)8-9-16(13)17/h2-5,8-10,17-18,21H,6-7,11H2,1H3,(H,22,23). The van der Waals surface area contributed by atoms with E-state index in [1.807, 2.05) is 18.2 Å². The number of carbonyl (C=O) groups is 1. The molecule has 0 saturated carbocycles. The minimum atomic E-state index is -0.863. The number of carboxylic acids is 1. The second-order valence-corrected chi connectivity index (χ2v) is 6.01. The molecule has 2 atom stereocenters. The van der Waals surface area contributed by atoms with E-state index in [0.29, 0.717) is 6.42 Å². The number of aliphatic carboxylic acids is 1. The molecule has 120 valence electrons. The molecule has 2 aromatic carbocycles. The molecule has 3 nitrogen and oxygen atoms in total. The Bertz CT molecular complexity index is 729. The van der Waals surface area contributed by atoms with Gasteiger partial charge in [0.05, 0.1) is 0 Å².